The number of amidine groups is 1. The van der Waals surface area contributed by atoms with Crippen molar-refractivity contribution in [3.63, 3.8) is 0 Å². The molecule has 0 atom stereocenters. The van der Waals surface area contributed by atoms with E-state index in [0.29, 0.717) is 26.2 Å². The van der Waals surface area contributed by atoms with Crippen LogP contribution in [0.4, 0.5) is 4.79 Å². The third kappa shape index (κ3) is 5.00. The minimum absolute atomic E-state index is 0.260. The Morgan fingerprint density at radius 2 is 1.88 bits per heavy atom. The number of amides is 1. The largest absolute Gasteiger partial charge is 0.444 e. The molecule has 0 bridgehead atoms. The summed E-state index contributed by atoms with van der Waals surface area (Å²) in [5.74, 6) is 0.799. The van der Waals surface area contributed by atoms with E-state index in [0.717, 1.165) is 34.4 Å². The summed E-state index contributed by atoms with van der Waals surface area (Å²) in [6, 6.07) is 0. The van der Waals surface area contributed by atoms with Crippen LogP contribution in [0.3, 0.4) is 0 Å². The predicted molar refractivity (Wildman–Crippen MR) is 99.9 cm³/mol. The normalized spacial score (nSPS) is 20.2. The number of nitrogens with two attached hydrogens (primary N) is 1. The molecule has 0 unspecified atom stereocenters. The average molecular weight is 399 g/mol. The van der Waals surface area contributed by atoms with Crippen molar-refractivity contribution in [2.24, 2.45) is 10.7 Å². The van der Waals surface area contributed by atoms with Gasteiger partial charge in [-0.1, -0.05) is 15.9 Å². The smallest absolute Gasteiger partial charge is 0.410 e. The van der Waals surface area contributed by atoms with Crippen LogP contribution in [0.5, 0.6) is 0 Å². The Bertz CT molecular complexity index is 582. The molecule has 2 aliphatic rings. The Balaban J connectivity index is 2.05. The number of ether oxygens (including phenoxy) is 1. The lowest BCUT2D eigenvalue weighted by Crippen LogP contribution is -2.52. The Morgan fingerprint density at radius 3 is 2.46 bits per heavy atom. The molecule has 1 saturated heterocycles. The zero-order valence-corrected chi connectivity index (χ0v) is 16.5. The van der Waals surface area contributed by atoms with Crippen LogP contribution in [0, 0.1) is 0 Å². The number of nitrogens with zero attached hydrogens (tertiary/aromatic N) is 3. The molecule has 2 aliphatic heterocycles. The van der Waals surface area contributed by atoms with Gasteiger partial charge in [-0.15, -0.1) is 0 Å². The van der Waals surface area contributed by atoms with Crippen molar-refractivity contribution >= 4 is 27.9 Å². The fourth-order valence-electron chi connectivity index (χ4n) is 2.58. The van der Waals surface area contributed by atoms with Crippen LogP contribution in [0.2, 0.25) is 0 Å². The molecule has 2 N–H and O–H groups in total. The van der Waals surface area contributed by atoms with E-state index < -0.39 is 5.60 Å². The van der Waals surface area contributed by atoms with Gasteiger partial charge >= 0.3 is 6.09 Å². The number of halogens is 1. The molecule has 1 amide bonds. The highest BCUT2D eigenvalue weighted by Crippen LogP contribution is 2.22. The lowest BCUT2D eigenvalue weighted by atomic mass is 10.1. The van der Waals surface area contributed by atoms with Gasteiger partial charge in [-0.3, -0.25) is 0 Å². The number of piperazine rings is 1. The maximum atomic E-state index is 12.2. The van der Waals surface area contributed by atoms with Crippen LogP contribution in [0.15, 0.2) is 26.9 Å². The number of rotatable bonds is 0. The number of carbonyl (C=O) groups is 1. The quantitative estimate of drug-likeness (QED) is 0.679. The summed E-state index contributed by atoms with van der Waals surface area (Å²) >= 11 is 3.53. The van der Waals surface area contributed by atoms with E-state index in [1.807, 2.05) is 33.9 Å². The number of allylic oxidation sites excluding steroid dienone is 2. The first kappa shape index (κ1) is 18.8. The summed E-state index contributed by atoms with van der Waals surface area (Å²) in [7, 11) is 0. The number of hydrogen-bond acceptors (Lipinski definition) is 5. The summed E-state index contributed by atoms with van der Waals surface area (Å²) in [5, 5.41) is 0. The molecule has 0 aliphatic carbocycles. The van der Waals surface area contributed by atoms with Gasteiger partial charge in [-0.25, -0.2) is 9.79 Å². The maximum Gasteiger partial charge on any atom is 0.410 e. The number of carbonyl (C=O) groups excluding carboxylic acids is 1. The third-order valence-corrected chi connectivity index (χ3v) is 4.60. The van der Waals surface area contributed by atoms with Crippen molar-refractivity contribution in [1.29, 1.82) is 0 Å². The minimum Gasteiger partial charge on any atom is -0.444 e. The molecule has 6 nitrogen and oxygen atoms in total. The van der Waals surface area contributed by atoms with Gasteiger partial charge in [0, 0.05) is 36.9 Å². The fraction of sp³-hybridized carbons (Fsp3) is 0.647. The van der Waals surface area contributed by atoms with E-state index in [1.54, 1.807) is 4.90 Å². The molecule has 0 spiro atoms. The Labute approximate surface area is 152 Å². The molecule has 7 heteroatoms. The highest BCUT2D eigenvalue weighted by atomic mass is 79.9. The third-order valence-electron chi connectivity index (χ3n) is 4.00. The van der Waals surface area contributed by atoms with Gasteiger partial charge < -0.3 is 20.3 Å². The SMILES string of the molecule is CC1=C(N)C(N2CCN(C(=O)OC(C)(C)C)CC2)=NC=C(Br)CC1. The van der Waals surface area contributed by atoms with Crippen LogP contribution < -0.4 is 5.73 Å². The van der Waals surface area contributed by atoms with E-state index >= 15 is 0 Å². The lowest BCUT2D eigenvalue weighted by molar-refractivity contribution is 0.0187. The summed E-state index contributed by atoms with van der Waals surface area (Å²) in [4.78, 5) is 20.6. The Morgan fingerprint density at radius 1 is 1.25 bits per heavy atom. The Hall–Kier alpha value is -1.50. The summed E-state index contributed by atoms with van der Waals surface area (Å²) in [6.07, 6.45) is 3.40. The van der Waals surface area contributed by atoms with Crippen molar-refractivity contribution in [2.75, 3.05) is 26.2 Å². The van der Waals surface area contributed by atoms with Crippen LogP contribution in [-0.4, -0.2) is 53.5 Å². The van der Waals surface area contributed by atoms with Crippen LogP contribution in [-0.2, 0) is 4.74 Å². The molecule has 2 heterocycles. The maximum absolute atomic E-state index is 12.2. The van der Waals surface area contributed by atoms with E-state index in [4.69, 9.17) is 10.5 Å². The second kappa shape index (κ2) is 7.59. The second-order valence-electron chi connectivity index (χ2n) is 7.18. The number of aliphatic imine (C=N–C) groups is 1. The highest BCUT2D eigenvalue weighted by molar-refractivity contribution is 9.11. The van der Waals surface area contributed by atoms with Gasteiger partial charge in [0.2, 0.25) is 0 Å². The zero-order chi connectivity index (χ0) is 17.9. The van der Waals surface area contributed by atoms with E-state index in [9.17, 15) is 4.79 Å². The van der Waals surface area contributed by atoms with Gasteiger partial charge in [0.25, 0.3) is 0 Å². The zero-order valence-electron chi connectivity index (χ0n) is 14.9. The van der Waals surface area contributed by atoms with Gasteiger partial charge in [0.1, 0.15) is 5.60 Å². The summed E-state index contributed by atoms with van der Waals surface area (Å²) < 4.78 is 6.50. The van der Waals surface area contributed by atoms with Crippen molar-refractivity contribution in [3.8, 4) is 0 Å². The van der Waals surface area contributed by atoms with Gasteiger partial charge in [-0.05, 0) is 46.1 Å². The van der Waals surface area contributed by atoms with Crippen molar-refractivity contribution in [3.05, 3.63) is 22.0 Å². The van der Waals surface area contributed by atoms with Crippen molar-refractivity contribution in [2.45, 2.75) is 46.1 Å². The predicted octanol–water partition coefficient (Wildman–Crippen LogP) is 3.20. The lowest BCUT2D eigenvalue weighted by Gasteiger charge is -2.37. The summed E-state index contributed by atoms with van der Waals surface area (Å²) in [6.45, 7) is 10.3. The summed E-state index contributed by atoms with van der Waals surface area (Å²) in [5.41, 5.74) is 7.72. The van der Waals surface area contributed by atoms with Crippen LogP contribution >= 0.6 is 15.9 Å². The second-order valence-corrected chi connectivity index (χ2v) is 8.20. The fourth-order valence-corrected chi connectivity index (χ4v) is 2.88. The molecule has 0 radical (unpaired) electrons. The highest BCUT2D eigenvalue weighted by Gasteiger charge is 2.28. The minimum atomic E-state index is -0.473. The van der Waals surface area contributed by atoms with Gasteiger partial charge in [0.15, 0.2) is 5.84 Å². The van der Waals surface area contributed by atoms with E-state index in [2.05, 4.69) is 25.8 Å². The van der Waals surface area contributed by atoms with Crippen LogP contribution in [0.25, 0.3) is 0 Å². The topological polar surface area (TPSA) is 71.2 Å². The van der Waals surface area contributed by atoms with Gasteiger partial charge in [0.05, 0.1) is 5.70 Å². The van der Waals surface area contributed by atoms with E-state index in [-0.39, 0.29) is 6.09 Å². The standard InChI is InChI=1S/C17H27BrN4O2/c1-12-5-6-13(18)11-20-15(14(12)19)21-7-9-22(10-8-21)16(23)24-17(2,3)4/h11H,5-10,19H2,1-4H3. The monoisotopic (exact) mass is 398 g/mol. The molecule has 24 heavy (non-hydrogen) atoms. The molecular weight excluding hydrogens is 372 g/mol. The number of hydrogen-bond donors (Lipinski definition) is 1. The molecule has 0 aromatic carbocycles. The van der Waals surface area contributed by atoms with Crippen molar-refractivity contribution in [1.82, 2.24) is 9.80 Å². The molecular formula is C17H27BrN4O2. The van der Waals surface area contributed by atoms with Crippen LogP contribution in [0.1, 0.15) is 40.5 Å². The van der Waals surface area contributed by atoms with E-state index in [1.165, 1.54) is 0 Å². The Kier molecular flexibility index (Phi) is 5.96. The van der Waals surface area contributed by atoms with Crippen molar-refractivity contribution < 1.29 is 9.53 Å². The molecule has 2 rings (SSSR count). The first-order valence-electron chi connectivity index (χ1n) is 8.28. The molecule has 1 fully saturated rings. The molecule has 0 saturated carbocycles. The first-order valence-corrected chi connectivity index (χ1v) is 9.07. The molecule has 0 aromatic rings. The molecule has 134 valence electrons. The first-order chi connectivity index (χ1) is 11.2. The molecule has 0 aromatic heterocycles. The average Bonchev–Trinajstić information content (AvgIpc) is 2.50. The van der Waals surface area contributed by atoms with Gasteiger partial charge in [-0.2, -0.15) is 0 Å².